The minimum Gasteiger partial charge on any atom is -0.448 e. The Hall–Kier alpha value is -3.23. The van der Waals surface area contributed by atoms with Crippen LogP contribution in [-0.2, 0) is 9.53 Å². The molecule has 2 aromatic rings. The SMILES string of the molecule is Cc1nn(-c2ccccc2)nc1C(=O)O[C@@H](C)C(=O)NC(=O)NC1CCCC1. The van der Waals surface area contributed by atoms with E-state index in [4.69, 9.17) is 4.74 Å². The number of benzene rings is 1. The average molecular weight is 385 g/mol. The molecule has 0 aliphatic heterocycles. The van der Waals surface area contributed by atoms with Gasteiger partial charge in [0.25, 0.3) is 5.91 Å². The maximum Gasteiger partial charge on any atom is 0.361 e. The van der Waals surface area contributed by atoms with Crippen molar-refractivity contribution >= 4 is 17.9 Å². The molecule has 0 bridgehead atoms. The van der Waals surface area contributed by atoms with E-state index < -0.39 is 24.0 Å². The smallest absolute Gasteiger partial charge is 0.361 e. The predicted octanol–water partition coefficient (Wildman–Crippen LogP) is 1.89. The molecule has 1 saturated carbocycles. The standard InChI is InChI=1S/C19H23N5O4/c1-12-16(23-24(22-12)15-10-4-3-5-11-15)18(26)28-13(2)17(25)21-19(27)20-14-8-6-7-9-14/h3-5,10-11,13-14H,6-9H2,1-2H3,(H2,20,21,25,27)/t13-/m0/s1. The topological polar surface area (TPSA) is 115 Å². The van der Waals surface area contributed by atoms with Gasteiger partial charge in [-0.15, -0.1) is 5.10 Å². The van der Waals surface area contributed by atoms with Gasteiger partial charge in [-0.2, -0.15) is 9.90 Å². The van der Waals surface area contributed by atoms with Crippen molar-refractivity contribution in [2.45, 2.75) is 51.7 Å². The van der Waals surface area contributed by atoms with Gasteiger partial charge in [0.1, 0.15) is 0 Å². The van der Waals surface area contributed by atoms with E-state index in [1.807, 2.05) is 18.2 Å². The molecule has 1 aromatic carbocycles. The third-order valence-electron chi connectivity index (χ3n) is 4.54. The van der Waals surface area contributed by atoms with Crippen LogP contribution in [0, 0.1) is 6.92 Å². The monoisotopic (exact) mass is 385 g/mol. The van der Waals surface area contributed by atoms with Gasteiger partial charge in [-0.1, -0.05) is 31.0 Å². The Morgan fingerprint density at radius 1 is 1.14 bits per heavy atom. The highest BCUT2D eigenvalue weighted by Gasteiger charge is 2.25. The Morgan fingerprint density at radius 2 is 1.82 bits per heavy atom. The van der Waals surface area contributed by atoms with Crippen LogP contribution in [0.2, 0.25) is 0 Å². The van der Waals surface area contributed by atoms with Crippen LogP contribution in [0.25, 0.3) is 5.69 Å². The third kappa shape index (κ3) is 4.73. The van der Waals surface area contributed by atoms with E-state index in [1.54, 1.807) is 19.1 Å². The van der Waals surface area contributed by atoms with Crippen molar-refractivity contribution in [3.8, 4) is 5.69 Å². The van der Waals surface area contributed by atoms with Gasteiger partial charge in [0.2, 0.25) is 0 Å². The quantitative estimate of drug-likeness (QED) is 0.760. The van der Waals surface area contributed by atoms with E-state index in [0.717, 1.165) is 25.7 Å². The van der Waals surface area contributed by atoms with Gasteiger partial charge in [0.15, 0.2) is 11.8 Å². The highest BCUT2D eigenvalue weighted by Crippen LogP contribution is 2.17. The molecular formula is C19H23N5O4. The number of carbonyl (C=O) groups is 3. The Labute approximate surface area is 162 Å². The molecule has 1 aromatic heterocycles. The minimum absolute atomic E-state index is 0.0129. The number of carbonyl (C=O) groups excluding carboxylic acids is 3. The van der Waals surface area contributed by atoms with Crippen molar-refractivity contribution in [3.05, 3.63) is 41.7 Å². The fourth-order valence-corrected chi connectivity index (χ4v) is 3.02. The molecule has 9 heteroatoms. The predicted molar refractivity (Wildman–Crippen MR) is 99.9 cm³/mol. The number of ether oxygens (including phenoxy) is 1. The molecule has 2 N–H and O–H groups in total. The largest absolute Gasteiger partial charge is 0.448 e. The van der Waals surface area contributed by atoms with Crippen molar-refractivity contribution < 1.29 is 19.1 Å². The molecule has 1 aliphatic carbocycles. The summed E-state index contributed by atoms with van der Waals surface area (Å²) in [7, 11) is 0. The molecule has 9 nitrogen and oxygen atoms in total. The van der Waals surface area contributed by atoms with Gasteiger partial charge in [0, 0.05) is 6.04 Å². The average Bonchev–Trinajstić information content (AvgIpc) is 3.31. The molecular weight excluding hydrogens is 362 g/mol. The van der Waals surface area contributed by atoms with Gasteiger partial charge in [-0.25, -0.2) is 9.59 Å². The lowest BCUT2D eigenvalue weighted by molar-refractivity contribution is -0.127. The van der Waals surface area contributed by atoms with E-state index >= 15 is 0 Å². The molecule has 1 aliphatic rings. The number of imide groups is 1. The summed E-state index contributed by atoms with van der Waals surface area (Å²) in [4.78, 5) is 37.7. The summed E-state index contributed by atoms with van der Waals surface area (Å²) in [5, 5.41) is 13.3. The van der Waals surface area contributed by atoms with Crippen LogP contribution in [0.3, 0.4) is 0 Å². The number of aromatic nitrogens is 3. The van der Waals surface area contributed by atoms with Gasteiger partial charge in [-0.3, -0.25) is 10.1 Å². The summed E-state index contributed by atoms with van der Waals surface area (Å²) in [5.41, 5.74) is 1.08. The molecule has 1 heterocycles. The first-order chi connectivity index (χ1) is 13.4. The molecule has 0 saturated heterocycles. The van der Waals surface area contributed by atoms with Crippen LogP contribution in [0.1, 0.15) is 48.8 Å². The fourth-order valence-electron chi connectivity index (χ4n) is 3.02. The zero-order valence-electron chi connectivity index (χ0n) is 15.8. The Bertz CT molecular complexity index is 858. The van der Waals surface area contributed by atoms with Crippen LogP contribution < -0.4 is 10.6 Å². The number of hydrogen-bond acceptors (Lipinski definition) is 6. The number of aryl methyl sites for hydroxylation is 1. The van der Waals surface area contributed by atoms with Crippen molar-refractivity contribution in [1.82, 2.24) is 25.6 Å². The van der Waals surface area contributed by atoms with Crippen molar-refractivity contribution in [1.29, 1.82) is 0 Å². The Morgan fingerprint density at radius 3 is 2.50 bits per heavy atom. The maximum absolute atomic E-state index is 12.4. The van der Waals surface area contributed by atoms with Crippen molar-refractivity contribution in [2.75, 3.05) is 0 Å². The van der Waals surface area contributed by atoms with E-state index in [1.165, 1.54) is 11.7 Å². The highest BCUT2D eigenvalue weighted by molar-refractivity contribution is 5.98. The molecule has 1 atom stereocenters. The number of esters is 1. The Balaban J connectivity index is 1.57. The van der Waals surface area contributed by atoms with Crippen molar-refractivity contribution in [3.63, 3.8) is 0 Å². The number of nitrogens with one attached hydrogen (secondary N) is 2. The number of hydrogen-bond donors (Lipinski definition) is 2. The van der Waals surface area contributed by atoms with Gasteiger partial charge >= 0.3 is 12.0 Å². The lowest BCUT2D eigenvalue weighted by Crippen LogP contribution is -2.47. The summed E-state index contributed by atoms with van der Waals surface area (Å²) >= 11 is 0. The number of rotatable bonds is 5. The number of urea groups is 1. The Kier molecular flexibility index (Phi) is 6.03. The van der Waals surface area contributed by atoms with Crippen LogP contribution in [0.5, 0.6) is 0 Å². The molecule has 0 spiro atoms. The molecule has 3 rings (SSSR count). The second-order valence-electron chi connectivity index (χ2n) is 6.75. The van der Waals surface area contributed by atoms with Crippen LogP contribution in [-0.4, -0.2) is 45.0 Å². The van der Waals surface area contributed by atoms with Gasteiger partial charge < -0.3 is 10.1 Å². The second kappa shape index (κ2) is 8.64. The highest BCUT2D eigenvalue weighted by atomic mass is 16.5. The first-order valence-corrected chi connectivity index (χ1v) is 9.25. The van der Waals surface area contributed by atoms with Crippen molar-refractivity contribution in [2.24, 2.45) is 0 Å². The lowest BCUT2D eigenvalue weighted by Gasteiger charge is -2.15. The molecule has 0 radical (unpaired) electrons. The molecule has 3 amide bonds. The maximum atomic E-state index is 12.4. The molecule has 1 fully saturated rings. The van der Waals surface area contributed by atoms with Crippen LogP contribution in [0.15, 0.2) is 30.3 Å². The summed E-state index contributed by atoms with van der Waals surface area (Å²) in [6, 6.07) is 8.62. The number of para-hydroxylation sites is 1. The molecule has 28 heavy (non-hydrogen) atoms. The summed E-state index contributed by atoms with van der Waals surface area (Å²) in [5.74, 6) is -1.48. The van der Waals surface area contributed by atoms with Crippen LogP contribution >= 0.6 is 0 Å². The zero-order valence-corrected chi connectivity index (χ0v) is 15.8. The van der Waals surface area contributed by atoms with E-state index in [2.05, 4.69) is 20.8 Å². The summed E-state index contributed by atoms with van der Waals surface area (Å²) in [6.45, 7) is 3.02. The number of nitrogens with zero attached hydrogens (tertiary/aromatic N) is 3. The van der Waals surface area contributed by atoms with E-state index in [0.29, 0.717) is 11.4 Å². The first kappa shape index (κ1) is 19.5. The van der Waals surface area contributed by atoms with E-state index in [9.17, 15) is 14.4 Å². The first-order valence-electron chi connectivity index (χ1n) is 9.25. The zero-order chi connectivity index (χ0) is 20.1. The minimum atomic E-state index is -1.15. The normalized spacial score (nSPS) is 15.1. The third-order valence-corrected chi connectivity index (χ3v) is 4.54. The summed E-state index contributed by atoms with van der Waals surface area (Å²) < 4.78 is 5.15. The van der Waals surface area contributed by atoms with Gasteiger partial charge in [0.05, 0.1) is 11.4 Å². The lowest BCUT2D eigenvalue weighted by atomic mass is 10.2. The van der Waals surface area contributed by atoms with Crippen LogP contribution in [0.4, 0.5) is 4.79 Å². The summed E-state index contributed by atoms with van der Waals surface area (Å²) in [6.07, 6.45) is 2.79. The fraction of sp³-hybridized carbons (Fsp3) is 0.421. The molecule has 148 valence electrons. The number of amides is 3. The molecule has 0 unspecified atom stereocenters. The van der Waals surface area contributed by atoms with Gasteiger partial charge in [-0.05, 0) is 38.8 Å². The second-order valence-corrected chi connectivity index (χ2v) is 6.75. The van der Waals surface area contributed by atoms with E-state index in [-0.39, 0.29) is 11.7 Å².